The standard InChI is InChI=1S/C20H28O5/c1-12(2)7-8-16-19(6,23)20(25-18(22)9-13(3)4)15(21)10-14(5)11-17(20)24-16/h7-8,10,13,17,23H,9,11H2,1-6H3/b16-8-/t17-,19-,20-/m0/s1. The van der Waals surface area contributed by atoms with Crippen LogP contribution in [0.5, 0.6) is 0 Å². The fourth-order valence-electron chi connectivity index (χ4n) is 3.33. The Labute approximate surface area is 149 Å². The van der Waals surface area contributed by atoms with Crippen molar-refractivity contribution in [2.24, 2.45) is 5.92 Å². The summed E-state index contributed by atoms with van der Waals surface area (Å²) < 4.78 is 11.6. The number of aliphatic hydroxyl groups is 1. The average molecular weight is 348 g/mol. The van der Waals surface area contributed by atoms with E-state index in [1.165, 1.54) is 13.0 Å². The Kier molecular flexibility index (Phi) is 5.28. The van der Waals surface area contributed by atoms with Crippen molar-refractivity contribution >= 4 is 11.8 Å². The van der Waals surface area contributed by atoms with Gasteiger partial charge >= 0.3 is 5.97 Å². The van der Waals surface area contributed by atoms with E-state index in [1.54, 1.807) is 12.2 Å². The molecule has 1 saturated heterocycles. The molecular formula is C20H28O5. The molecule has 1 aliphatic carbocycles. The van der Waals surface area contributed by atoms with Gasteiger partial charge in [-0.2, -0.15) is 0 Å². The van der Waals surface area contributed by atoms with Crippen LogP contribution in [0.3, 0.4) is 0 Å². The number of ketones is 1. The summed E-state index contributed by atoms with van der Waals surface area (Å²) in [7, 11) is 0. The molecule has 5 heteroatoms. The molecule has 1 aliphatic heterocycles. The van der Waals surface area contributed by atoms with Gasteiger partial charge in [0.15, 0.2) is 11.7 Å². The molecule has 0 aromatic rings. The summed E-state index contributed by atoms with van der Waals surface area (Å²) in [6.07, 6.45) is 4.76. The molecule has 1 heterocycles. The van der Waals surface area contributed by atoms with Crippen LogP contribution >= 0.6 is 0 Å². The number of fused-ring (bicyclic) bond motifs is 1. The summed E-state index contributed by atoms with van der Waals surface area (Å²) in [4.78, 5) is 25.2. The molecule has 0 unspecified atom stereocenters. The van der Waals surface area contributed by atoms with E-state index in [0.717, 1.165) is 11.1 Å². The quantitative estimate of drug-likeness (QED) is 0.790. The van der Waals surface area contributed by atoms with Crippen LogP contribution in [0, 0.1) is 5.92 Å². The van der Waals surface area contributed by atoms with E-state index >= 15 is 0 Å². The lowest BCUT2D eigenvalue weighted by atomic mass is 9.72. The Bertz CT molecular complexity index is 662. The number of hydrogen-bond acceptors (Lipinski definition) is 5. The van der Waals surface area contributed by atoms with Gasteiger partial charge in [0, 0.05) is 12.8 Å². The first-order chi connectivity index (χ1) is 11.5. The lowest BCUT2D eigenvalue weighted by Gasteiger charge is -2.40. The zero-order chi connectivity index (χ0) is 19.0. The summed E-state index contributed by atoms with van der Waals surface area (Å²) in [5.41, 5.74) is -1.61. The van der Waals surface area contributed by atoms with E-state index in [4.69, 9.17) is 9.47 Å². The Morgan fingerprint density at radius 1 is 1.48 bits per heavy atom. The van der Waals surface area contributed by atoms with Crippen molar-refractivity contribution in [2.45, 2.75) is 71.7 Å². The topological polar surface area (TPSA) is 72.8 Å². The molecule has 1 N–H and O–H groups in total. The van der Waals surface area contributed by atoms with Crippen molar-refractivity contribution in [3.8, 4) is 0 Å². The van der Waals surface area contributed by atoms with Crippen molar-refractivity contribution in [3.05, 3.63) is 35.1 Å². The fourth-order valence-corrected chi connectivity index (χ4v) is 3.33. The van der Waals surface area contributed by atoms with Crippen LogP contribution < -0.4 is 0 Å². The van der Waals surface area contributed by atoms with E-state index in [2.05, 4.69) is 0 Å². The minimum Gasteiger partial charge on any atom is -0.486 e. The van der Waals surface area contributed by atoms with Gasteiger partial charge in [0.2, 0.25) is 11.4 Å². The number of rotatable bonds is 4. The maximum absolute atomic E-state index is 12.9. The first-order valence-corrected chi connectivity index (χ1v) is 8.68. The highest BCUT2D eigenvalue weighted by molar-refractivity contribution is 6.02. The maximum atomic E-state index is 12.9. The predicted octanol–water partition coefficient (Wildman–Crippen LogP) is 3.23. The lowest BCUT2D eigenvalue weighted by Crippen LogP contribution is -2.63. The minimum absolute atomic E-state index is 0.0891. The molecule has 1 fully saturated rings. The fraction of sp³-hybridized carbons (Fsp3) is 0.600. The number of carbonyl (C=O) groups excluding carboxylic acids is 2. The molecule has 3 atom stereocenters. The smallest absolute Gasteiger partial charge is 0.307 e. The number of allylic oxidation sites excluding steroid dienone is 3. The SMILES string of the molecule is CC(C)=C/C=C1\O[C@H]2CC(C)=CC(=O)[C@@]2(OC(=O)CC(C)C)[C@@]1(C)O. The molecule has 0 radical (unpaired) electrons. The van der Waals surface area contributed by atoms with Gasteiger partial charge in [-0.3, -0.25) is 9.59 Å². The van der Waals surface area contributed by atoms with E-state index < -0.39 is 29.1 Å². The first kappa shape index (κ1) is 19.4. The summed E-state index contributed by atoms with van der Waals surface area (Å²) >= 11 is 0. The highest BCUT2D eigenvalue weighted by Crippen LogP contribution is 2.50. The van der Waals surface area contributed by atoms with Gasteiger partial charge < -0.3 is 14.6 Å². The van der Waals surface area contributed by atoms with Crippen molar-refractivity contribution < 1.29 is 24.2 Å². The molecule has 2 rings (SSSR count). The second-order valence-electron chi connectivity index (χ2n) is 7.82. The molecule has 138 valence electrons. The van der Waals surface area contributed by atoms with E-state index in [1.807, 2.05) is 34.6 Å². The Morgan fingerprint density at radius 2 is 2.12 bits per heavy atom. The second-order valence-corrected chi connectivity index (χ2v) is 7.82. The third kappa shape index (κ3) is 3.43. The van der Waals surface area contributed by atoms with E-state index in [9.17, 15) is 14.7 Å². The molecule has 0 spiro atoms. The van der Waals surface area contributed by atoms with E-state index in [-0.39, 0.29) is 18.1 Å². The van der Waals surface area contributed by atoms with Crippen LogP contribution in [0.1, 0.15) is 54.4 Å². The lowest BCUT2D eigenvalue weighted by molar-refractivity contribution is -0.192. The van der Waals surface area contributed by atoms with Gasteiger partial charge in [-0.1, -0.05) is 31.1 Å². The minimum atomic E-state index is -1.74. The van der Waals surface area contributed by atoms with Crippen molar-refractivity contribution in [1.29, 1.82) is 0 Å². The monoisotopic (exact) mass is 348 g/mol. The van der Waals surface area contributed by atoms with Gasteiger partial charge in [-0.25, -0.2) is 0 Å². The van der Waals surface area contributed by atoms with E-state index in [0.29, 0.717) is 6.42 Å². The summed E-state index contributed by atoms with van der Waals surface area (Å²) in [5.74, 6) is -0.601. The highest BCUT2D eigenvalue weighted by atomic mass is 16.6. The average Bonchev–Trinajstić information content (AvgIpc) is 2.65. The maximum Gasteiger partial charge on any atom is 0.307 e. The molecule has 0 amide bonds. The molecule has 2 aliphatic rings. The molecule has 5 nitrogen and oxygen atoms in total. The number of ether oxygens (including phenoxy) is 2. The molecule has 0 aromatic carbocycles. The van der Waals surface area contributed by atoms with Crippen LogP contribution in [0.2, 0.25) is 0 Å². The molecular weight excluding hydrogens is 320 g/mol. The van der Waals surface area contributed by atoms with Gasteiger partial charge in [0.25, 0.3) is 0 Å². The Hall–Kier alpha value is -1.88. The van der Waals surface area contributed by atoms with Crippen LogP contribution in [0.15, 0.2) is 35.1 Å². The number of hydrogen-bond donors (Lipinski definition) is 1. The third-order valence-electron chi connectivity index (χ3n) is 4.59. The van der Waals surface area contributed by atoms with Crippen molar-refractivity contribution in [3.63, 3.8) is 0 Å². The Morgan fingerprint density at radius 3 is 2.68 bits per heavy atom. The highest BCUT2D eigenvalue weighted by Gasteiger charge is 2.70. The van der Waals surface area contributed by atoms with Crippen molar-refractivity contribution in [1.82, 2.24) is 0 Å². The predicted molar refractivity (Wildman–Crippen MR) is 94.7 cm³/mol. The van der Waals surface area contributed by atoms with Gasteiger partial charge in [-0.05, 0) is 45.8 Å². The number of esters is 1. The Balaban J connectivity index is 2.51. The molecule has 0 aromatic heterocycles. The normalized spacial score (nSPS) is 33.0. The zero-order valence-electron chi connectivity index (χ0n) is 15.9. The molecule has 0 saturated carbocycles. The van der Waals surface area contributed by atoms with Crippen LogP contribution in [-0.4, -0.2) is 34.2 Å². The van der Waals surface area contributed by atoms with Crippen molar-refractivity contribution in [2.75, 3.05) is 0 Å². The van der Waals surface area contributed by atoms with Gasteiger partial charge in [0.1, 0.15) is 5.76 Å². The van der Waals surface area contributed by atoms with Gasteiger partial charge in [0.05, 0.1) is 0 Å². The van der Waals surface area contributed by atoms with Gasteiger partial charge in [-0.15, -0.1) is 0 Å². The largest absolute Gasteiger partial charge is 0.486 e. The molecule has 25 heavy (non-hydrogen) atoms. The van der Waals surface area contributed by atoms with Crippen LogP contribution in [0.25, 0.3) is 0 Å². The first-order valence-electron chi connectivity index (χ1n) is 8.68. The zero-order valence-corrected chi connectivity index (χ0v) is 15.9. The summed E-state index contributed by atoms with van der Waals surface area (Å²) in [5, 5.41) is 11.2. The summed E-state index contributed by atoms with van der Waals surface area (Å²) in [6, 6.07) is 0. The van der Waals surface area contributed by atoms with Crippen LogP contribution in [0.4, 0.5) is 0 Å². The summed E-state index contributed by atoms with van der Waals surface area (Å²) in [6.45, 7) is 10.9. The third-order valence-corrected chi connectivity index (χ3v) is 4.59. The van der Waals surface area contributed by atoms with Crippen LogP contribution in [-0.2, 0) is 19.1 Å². The second kappa shape index (κ2) is 6.79. The molecule has 0 bridgehead atoms. The number of carbonyl (C=O) groups is 2.